The van der Waals surface area contributed by atoms with Crippen LogP contribution < -0.4 is 0 Å². The van der Waals surface area contributed by atoms with Crippen LogP contribution in [-0.2, 0) is 23.4 Å². The van der Waals surface area contributed by atoms with Crippen molar-refractivity contribution in [1.29, 1.82) is 0 Å². The highest BCUT2D eigenvalue weighted by atomic mass is 28.4. The van der Waals surface area contributed by atoms with E-state index in [4.69, 9.17) is 18.6 Å². The van der Waals surface area contributed by atoms with Crippen molar-refractivity contribution in [3.63, 3.8) is 0 Å². The topological polar surface area (TPSA) is 54.0 Å². The lowest BCUT2D eigenvalue weighted by molar-refractivity contribution is -0.144. The van der Waals surface area contributed by atoms with Gasteiger partial charge in [0.2, 0.25) is 0 Å². The zero-order valence-corrected chi connectivity index (χ0v) is 14.1. The largest absolute Gasteiger partial charge is 0.459 e. The summed E-state index contributed by atoms with van der Waals surface area (Å²) in [5.41, 5.74) is 0. The molecule has 2 saturated heterocycles. The van der Waals surface area contributed by atoms with E-state index in [1.54, 1.807) is 0 Å². The van der Waals surface area contributed by atoms with Crippen LogP contribution in [0.1, 0.15) is 27.2 Å². The Kier molecular flexibility index (Phi) is 4.58. The standard InChI is InChI=1S/C14H26O5Si/c1-14(2,3)20(4,5)18-9-11-10(8-12(15)19-11)13-16-6-7-17-13/h10-11,13H,6-9H2,1-5H3/t10-,11+/m0/s1. The zero-order chi connectivity index (χ0) is 15.0. The van der Waals surface area contributed by atoms with Gasteiger partial charge in [0.25, 0.3) is 0 Å². The van der Waals surface area contributed by atoms with Crippen molar-refractivity contribution < 1.29 is 23.4 Å². The van der Waals surface area contributed by atoms with Crippen LogP contribution in [-0.4, -0.2) is 46.5 Å². The smallest absolute Gasteiger partial charge is 0.306 e. The third-order valence-electron chi connectivity index (χ3n) is 4.57. The predicted octanol–water partition coefficient (Wildman–Crippen LogP) is 2.31. The Morgan fingerprint density at radius 3 is 2.40 bits per heavy atom. The summed E-state index contributed by atoms with van der Waals surface area (Å²) in [6.45, 7) is 12.6. The Morgan fingerprint density at radius 2 is 1.85 bits per heavy atom. The summed E-state index contributed by atoms with van der Waals surface area (Å²) >= 11 is 0. The molecule has 2 heterocycles. The Hall–Kier alpha value is -0.433. The van der Waals surface area contributed by atoms with Gasteiger partial charge < -0.3 is 18.6 Å². The SMILES string of the molecule is CC(C)(C)[Si](C)(C)OC[C@H]1OC(=O)C[C@@H]1C1OCCO1. The molecule has 20 heavy (non-hydrogen) atoms. The number of hydrogen-bond donors (Lipinski definition) is 0. The van der Waals surface area contributed by atoms with E-state index in [1.165, 1.54) is 0 Å². The average Bonchev–Trinajstić information content (AvgIpc) is 2.93. The molecule has 0 spiro atoms. The molecule has 0 unspecified atom stereocenters. The monoisotopic (exact) mass is 302 g/mol. The Morgan fingerprint density at radius 1 is 1.25 bits per heavy atom. The van der Waals surface area contributed by atoms with E-state index in [9.17, 15) is 4.79 Å². The molecule has 0 radical (unpaired) electrons. The minimum Gasteiger partial charge on any atom is -0.459 e. The maximum atomic E-state index is 11.6. The number of ether oxygens (including phenoxy) is 3. The fraction of sp³-hybridized carbons (Fsp3) is 0.929. The van der Waals surface area contributed by atoms with Crippen molar-refractivity contribution >= 4 is 14.3 Å². The molecule has 0 N–H and O–H groups in total. The first-order valence-corrected chi connectivity index (χ1v) is 10.2. The molecule has 0 amide bonds. The van der Waals surface area contributed by atoms with Gasteiger partial charge in [0, 0.05) is 0 Å². The predicted molar refractivity (Wildman–Crippen MR) is 76.8 cm³/mol. The van der Waals surface area contributed by atoms with E-state index in [1.807, 2.05) is 0 Å². The summed E-state index contributed by atoms with van der Waals surface area (Å²) in [5.74, 6) is -0.229. The van der Waals surface area contributed by atoms with Crippen molar-refractivity contribution in [1.82, 2.24) is 0 Å². The third-order valence-corrected chi connectivity index (χ3v) is 9.08. The molecular formula is C14H26O5Si. The summed E-state index contributed by atoms with van der Waals surface area (Å²) in [6, 6.07) is 0. The van der Waals surface area contributed by atoms with E-state index in [2.05, 4.69) is 33.9 Å². The van der Waals surface area contributed by atoms with Gasteiger partial charge in [-0.3, -0.25) is 4.79 Å². The summed E-state index contributed by atoms with van der Waals surface area (Å²) in [5, 5.41) is 0.144. The van der Waals surface area contributed by atoms with E-state index in [0.717, 1.165) is 0 Å². The number of hydrogen-bond acceptors (Lipinski definition) is 5. The number of cyclic esters (lactones) is 1. The summed E-state index contributed by atoms with van der Waals surface area (Å²) in [7, 11) is -1.84. The highest BCUT2D eigenvalue weighted by molar-refractivity contribution is 6.74. The average molecular weight is 302 g/mol. The second-order valence-corrected chi connectivity index (χ2v) is 11.9. The first-order valence-electron chi connectivity index (χ1n) is 7.27. The lowest BCUT2D eigenvalue weighted by Gasteiger charge is -2.37. The maximum absolute atomic E-state index is 11.6. The van der Waals surface area contributed by atoms with Crippen LogP contribution >= 0.6 is 0 Å². The van der Waals surface area contributed by atoms with Crippen LogP contribution in [0.4, 0.5) is 0 Å². The molecule has 0 aliphatic carbocycles. The van der Waals surface area contributed by atoms with E-state index >= 15 is 0 Å². The molecule has 116 valence electrons. The van der Waals surface area contributed by atoms with Crippen LogP contribution in [0, 0.1) is 5.92 Å². The normalized spacial score (nSPS) is 28.9. The van der Waals surface area contributed by atoms with Gasteiger partial charge in [-0.1, -0.05) is 20.8 Å². The molecule has 6 heteroatoms. The fourth-order valence-electron chi connectivity index (χ4n) is 2.19. The second-order valence-electron chi connectivity index (χ2n) is 7.08. The van der Waals surface area contributed by atoms with Gasteiger partial charge >= 0.3 is 5.97 Å². The summed E-state index contributed by atoms with van der Waals surface area (Å²) < 4.78 is 22.6. The zero-order valence-electron chi connectivity index (χ0n) is 13.1. The lowest BCUT2D eigenvalue weighted by atomic mass is 10.0. The van der Waals surface area contributed by atoms with Crippen LogP contribution in [0.3, 0.4) is 0 Å². The van der Waals surface area contributed by atoms with Crippen molar-refractivity contribution in [3.8, 4) is 0 Å². The van der Waals surface area contributed by atoms with Gasteiger partial charge in [0.15, 0.2) is 14.6 Å². The van der Waals surface area contributed by atoms with Gasteiger partial charge in [-0.05, 0) is 18.1 Å². The fourth-order valence-corrected chi connectivity index (χ4v) is 3.20. The summed E-state index contributed by atoms with van der Waals surface area (Å²) in [4.78, 5) is 11.6. The third kappa shape index (κ3) is 3.42. The number of esters is 1. The van der Waals surface area contributed by atoms with E-state index in [-0.39, 0.29) is 29.3 Å². The van der Waals surface area contributed by atoms with Crippen molar-refractivity contribution in [3.05, 3.63) is 0 Å². The van der Waals surface area contributed by atoms with Gasteiger partial charge in [0.05, 0.1) is 32.2 Å². The molecule has 0 aromatic rings. The molecule has 5 nitrogen and oxygen atoms in total. The molecular weight excluding hydrogens is 276 g/mol. The molecule has 0 aromatic carbocycles. The van der Waals surface area contributed by atoms with Crippen LogP contribution in [0.5, 0.6) is 0 Å². The highest BCUT2D eigenvalue weighted by Crippen LogP contribution is 2.38. The number of carbonyl (C=O) groups excluding carboxylic acids is 1. The van der Waals surface area contributed by atoms with Crippen LogP contribution in [0.2, 0.25) is 18.1 Å². The molecule has 0 saturated carbocycles. The minimum absolute atomic E-state index is 0.0465. The molecule has 2 aliphatic heterocycles. The molecule has 2 rings (SSSR count). The Bertz CT molecular complexity index is 357. The molecule has 2 fully saturated rings. The summed E-state index contributed by atoms with van der Waals surface area (Å²) in [6.07, 6.45) is -0.217. The maximum Gasteiger partial charge on any atom is 0.306 e. The van der Waals surface area contributed by atoms with Crippen LogP contribution in [0.25, 0.3) is 0 Å². The minimum atomic E-state index is -1.84. The molecule has 2 aliphatic rings. The second kappa shape index (κ2) is 5.75. The quantitative estimate of drug-likeness (QED) is 0.589. The Balaban J connectivity index is 1.95. The first-order chi connectivity index (χ1) is 9.21. The van der Waals surface area contributed by atoms with Gasteiger partial charge in [-0.15, -0.1) is 0 Å². The van der Waals surface area contributed by atoms with Crippen molar-refractivity contribution in [2.24, 2.45) is 5.92 Å². The lowest BCUT2D eigenvalue weighted by Crippen LogP contribution is -2.44. The number of rotatable bonds is 4. The molecule has 0 aromatic heterocycles. The highest BCUT2D eigenvalue weighted by Gasteiger charge is 2.45. The van der Waals surface area contributed by atoms with Gasteiger partial charge in [-0.2, -0.15) is 0 Å². The van der Waals surface area contributed by atoms with Crippen molar-refractivity contribution in [2.75, 3.05) is 19.8 Å². The van der Waals surface area contributed by atoms with E-state index in [0.29, 0.717) is 26.2 Å². The molecule has 2 atom stereocenters. The van der Waals surface area contributed by atoms with Crippen molar-refractivity contribution in [2.45, 2.75) is 57.7 Å². The number of carbonyl (C=O) groups is 1. The van der Waals surface area contributed by atoms with Gasteiger partial charge in [-0.25, -0.2) is 0 Å². The molecule has 0 bridgehead atoms. The Labute approximate surface area is 122 Å². The van der Waals surface area contributed by atoms with Gasteiger partial charge in [0.1, 0.15) is 6.10 Å². The first kappa shape index (κ1) is 15.9. The van der Waals surface area contributed by atoms with Crippen LogP contribution in [0.15, 0.2) is 0 Å². The van der Waals surface area contributed by atoms with E-state index < -0.39 is 8.32 Å².